The standard InChI is InChI=1S/C23H22F3N3O6S/c1-3-9-33-16-10-19(29-11-15(23(24,25)26)20(31)28-22(29)32)35-17(16)12-34-21(36)13-5-7-14(8-6-13)27-18(30)4-2/h1,5-8,11,16-17,19H,4,9-10,12H2,2H3,(H,27,30)(H,28,31,32)/t16-,17+,19+/m0/s1. The van der Waals surface area contributed by atoms with Gasteiger partial charge in [0.2, 0.25) is 5.91 Å². The van der Waals surface area contributed by atoms with Crippen LogP contribution in [0.25, 0.3) is 0 Å². The van der Waals surface area contributed by atoms with Gasteiger partial charge >= 0.3 is 11.9 Å². The number of ether oxygens (including phenoxy) is 3. The van der Waals surface area contributed by atoms with Crippen molar-refractivity contribution < 1.29 is 32.2 Å². The molecular weight excluding hydrogens is 503 g/mol. The molecule has 1 amide bonds. The minimum atomic E-state index is -4.97. The Morgan fingerprint density at radius 3 is 2.64 bits per heavy atom. The van der Waals surface area contributed by atoms with E-state index in [4.69, 9.17) is 32.9 Å². The van der Waals surface area contributed by atoms with E-state index in [0.717, 1.165) is 0 Å². The van der Waals surface area contributed by atoms with Crippen LogP contribution in [0.5, 0.6) is 0 Å². The minimum absolute atomic E-state index is 0.0302. The lowest BCUT2D eigenvalue weighted by molar-refractivity contribution is -0.139. The molecule has 3 rings (SSSR count). The third-order valence-corrected chi connectivity index (χ3v) is 5.60. The van der Waals surface area contributed by atoms with Gasteiger partial charge in [-0.3, -0.25) is 19.1 Å². The second-order valence-corrected chi connectivity index (χ2v) is 8.07. The highest BCUT2D eigenvalue weighted by Crippen LogP contribution is 2.32. The van der Waals surface area contributed by atoms with Crippen molar-refractivity contribution in [3.8, 4) is 12.3 Å². The van der Waals surface area contributed by atoms with E-state index in [9.17, 15) is 27.6 Å². The first kappa shape index (κ1) is 27.1. The molecule has 192 valence electrons. The number of aromatic amines is 1. The smallest absolute Gasteiger partial charge is 0.423 e. The number of benzene rings is 1. The van der Waals surface area contributed by atoms with Crippen molar-refractivity contribution in [2.75, 3.05) is 18.5 Å². The Labute approximate surface area is 208 Å². The number of carbonyl (C=O) groups is 1. The number of anilines is 1. The molecule has 1 aliphatic rings. The van der Waals surface area contributed by atoms with Gasteiger partial charge in [0.25, 0.3) is 5.56 Å². The molecule has 1 aromatic carbocycles. The molecule has 1 aliphatic heterocycles. The number of hydrogen-bond acceptors (Lipinski definition) is 7. The summed E-state index contributed by atoms with van der Waals surface area (Å²) < 4.78 is 57.1. The Kier molecular flexibility index (Phi) is 8.67. The summed E-state index contributed by atoms with van der Waals surface area (Å²) in [4.78, 5) is 37.0. The molecule has 1 fully saturated rings. The molecule has 0 bridgehead atoms. The molecule has 0 spiro atoms. The maximum Gasteiger partial charge on any atom is 0.423 e. The van der Waals surface area contributed by atoms with E-state index in [1.807, 2.05) is 0 Å². The molecule has 1 aromatic heterocycles. The molecule has 0 radical (unpaired) electrons. The van der Waals surface area contributed by atoms with Crippen molar-refractivity contribution >= 4 is 28.9 Å². The van der Waals surface area contributed by atoms with E-state index in [0.29, 0.717) is 28.4 Å². The van der Waals surface area contributed by atoms with Crippen LogP contribution in [0.3, 0.4) is 0 Å². The van der Waals surface area contributed by atoms with Crippen LogP contribution < -0.4 is 16.6 Å². The largest absolute Gasteiger partial charge is 0.480 e. The van der Waals surface area contributed by atoms with Gasteiger partial charge in [-0.1, -0.05) is 12.8 Å². The average Bonchev–Trinajstić information content (AvgIpc) is 3.23. The van der Waals surface area contributed by atoms with Gasteiger partial charge in [-0.2, -0.15) is 13.2 Å². The Balaban J connectivity index is 1.72. The quantitative estimate of drug-likeness (QED) is 0.403. The lowest BCUT2D eigenvalue weighted by Gasteiger charge is -2.19. The number of aromatic nitrogens is 2. The van der Waals surface area contributed by atoms with E-state index < -0.39 is 41.4 Å². The van der Waals surface area contributed by atoms with Crippen molar-refractivity contribution in [3.05, 3.63) is 62.4 Å². The molecule has 13 heteroatoms. The zero-order chi connectivity index (χ0) is 26.5. The molecule has 2 heterocycles. The summed E-state index contributed by atoms with van der Waals surface area (Å²) >= 11 is 5.29. The Hall–Kier alpha value is -3.47. The zero-order valence-corrected chi connectivity index (χ0v) is 19.8. The summed E-state index contributed by atoms with van der Waals surface area (Å²) in [6.07, 6.45) is -1.75. The molecule has 36 heavy (non-hydrogen) atoms. The maximum atomic E-state index is 13.2. The predicted octanol–water partition coefficient (Wildman–Crippen LogP) is 2.60. The minimum Gasteiger partial charge on any atom is -0.480 e. The van der Waals surface area contributed by atoms with E-state index >= 15 is 0 Å². The highest BCUT2D eigenvalue weighted by molar-refractivity contribution is 7.80. The Morgan fingerprint density at radius 2 is 2.03 bits per heavy atom. The monoisotopic (exact) mass is 525 g/mol. The number of H-pyrrole nitrogens is 1. The fourth-order valence-corrected chi connectivity index (χ4v) is 3.64. The topological polar surface area (TPSA) is 112 Å². The van der Waals surface area contributed by atoms with Crippen LogP contribution in [-0.2, 0) is 25.2 Å². The highest BCUT2D eigenvalue weighted by atomic mass is 32.1. The summed E-state index contributed by atoms with van der Waals surface area (Å²) in [7, 11) is 0. The molecule has 0 aliphatic carbocycles. The number of nitrogens with one attached hydrogen (secondary N) is 2. The van der Waals surface area contributed by atoms with Crippen LogP contribution in [0.2, 0.25) is 0 Å². The number of carbonyl (C=O) groups excluding carboxylic acids is 1. The SMILES string of the molecule is C#CCO[C@H]1C[C@H](n2cc(C(F)(F)F)c(=O)[nH]c2=O)O[C@@H]1COC(=S)c1ccc(NC(=O)CC)cc1. The molecule has 0 unspecified atom stereocenters. The number of alkyl halides is 3. The molecule has 2 N–H and O–H groups in total. The van der Waals surface area contributed by atoms with E-state index in [1.165, 1.54) is 0 Å². The number of rotatable bonds is 8. The van der Waals surface area contributed by atoms with Gasteiger partial charge in [0.15, 0.2) is 5.05 Å². The van der Waals surface area contributed by atoms with Gasteiger partial charge in [-0.15, -0.1) is 6.42 Å². The summed E-state index contributed by atoms with van der Waals surface area (Å²) in [6.45, 7) is 1.47. The van der Waals surface area contributed by atoms with Gasteiger partial charge in [0.1, 0.15) is 31.1 Å². The average molecular weight is 526 g/mol. The number of terminal acetylenes is 1. The molecule has 9 nitrogen and oxygen atoms in total. The first-order chi connectivity index (χ1) is 17.0. The van der Waals surface area contributed by atoms with Crippen LogP contribution in [0, 0.1) is 12.3 Å². The van der Waals surface area contributed by atoms with Crippen molar-refractivity contribution in [3.63, 3.8) is 0 Å². The normalized spacial score (nSPS) is 19.5. The number of hydrogen-bond donors (Lipinski definition) is 2. The maximum absolute atomic E-state index is 13.2. The second kappa shape index (κ2) is 11.5. The highest BCUT2D eigenvalue weighted by Gasteiger charge is 2.40. The number of nitrogens with zero attached hydrogens (tertiary/aromatic N) is 1. The van der Waals surface area contributed by atoms with Crippen LogP contribution >= 0.6 is 12.2 Å². The summed E-state index contributed by atoms with van der Waals surface area (Å²) in [5.41, 5.74) is -3.02. The van der Waals surface area contributed by atoms with Gasteiger partial charge < -0.3 is 19.5 Å². The van der Waals surface area contributed by atoms with Crippen molar-refractivity contribution in [1.29, 1.82) is 0 Å². The number of thiocarbonyl (C=S) groups is 1. The van der Waals surface area contributed by atoms with E-state index in [-0.39, 0.29) is 30.6 Å². The fraction of sp³-hybridized carbons (Fsp3) is 0.391. The lowest BCUT2D eigenvalue weighted by atomic mass is 10.2. The number of halogens is 3. The molecular formula is C23H22F3N3O6S. The van der Waals surface area contributed by atoms with Crippen molar-refractivity contribution in [2.45, 2.75) is 44.4 Å². The summed E-state index contributed by atoms with van der Waals surface area (Å²) in [6, 6.07) is 6.61. The van der Waals surface area contributed by atoms with Gasteiger partial charge in [-0.05, 0) is 36.5 Å². The van der Waals surface area contributed by atoms with E-state index in [2.05, 4.69) is 11.2 Å². The number of amides is 1. The van der Waals surface area contributed by atoms with Gasteiger partial charge in [-0.25, -0.2) is 4.79 Å². The predicted molar refractivity (Wildman–Crippen MR) is 126 cm³/mol. The lowest BCUT2D eigenvalue weighted by Crippen LogP contribution is -2.36. The molecule has 2 aromatic rings. The first-order valence-electron chi connectivity index (χ1n) is 10.7. The van der Waals surface area contributed by atoms with Gasteiger partial charge in [0.05, 0.1) is 6.10 Å². The Morgan fingerprint density at radius 1 is 1.33 bits per heavy atom. The summed E-state index contributed by atoms with van der Waals surface area (Å²) in [5.74, 6) is 2.15. The third-order valence-electron chi connectivity index (χ3n) is 5.25. The fourth-order valence-electron chi connectivity index (χ4n) is 3.43. The van der Waals surface area contributed by atoms with Crippen LogP contribution in [-0.4, -0.2) is 45.9 Å². The van der Waals surface area contributed by atoms with Crippen LogP contribution in [0.15, 0.2) is 40.1 Å². The molecule has 3 atom stereocenters. The van der Waals surface area contributed by atoms with Crippen molar-refractivity contribution in [2.24, 2.45) is 0 Å². The van der Waals surface area contributed by atoms with Crippen LogP contribution in [0.4, 0.5) is 18.9 Å². The first-order valence-corrected chi connectivity index (χ1v) is 11.1. The zero-order valence-electron chi connectivity index (χ0n) is 19.0. The van der Waals surface area contributed by atoms with Crippen molar-refractivity contribution in [1.82, 2.24) is 9.55 Å². The Bertz CT molecular complexity index is 1270. The van der Waals surface area contributed by atoms with Gasteiger partial charge in [0, 0.05) is 30.3 Å². The molecule has 0 saturated carbocycles. The van der Waals surface area contributed by atoms with E-state index in [1.54, 1.807) is 36.2 Å². The third kappa shape index (κ3) is 6.60. The summed E-state index contributed by atoms with van der Waals surface area (Å²) in [5, 5.41) is 2.81. The second-order valence-electron chi connectivity index (χ2n) is 7.70. The molecule has 1 saturated heterocycles. The van der Waals surface area contributed by atoms with Crippen LogP contribution in [0.1, 0.15) is 37.1 Å².